The van der Waals surface area contributed by atoms with Crippen LogP contribution in [0.1, 0.15) is 33.3 Å². The van der Waals surface area contributed by atoms with Gasteiger partial charge < -0.3 is 42.3 Å². The highest BCUT2D eigenvalue weighted by Crippen LogP contribution is 2.38. The minimum absolute atomic E-state index is 0.0142. The number of esters is 4. The molecule has 0 radical (unpaired) electrons. The van der Waals surface area contributed by atoms with Crippen LogP contribution in [0.25, 0.3) is 11.0 Å². The fraction of sp³-hybridized carbons (Fsp3) is 0.387. The number of hydrogen-bond acceptors (Lipinski definition) is 14. The van der Waals surface area contributed by atoms with Gasteiger partial charge in [0.25, 0.3) is 5.75 Å². The number of rotatable bonds is 11. The van der Waals surface area contributed by atoms with Crippen LogP contribution >= 0.6 is 0 Å². The average Bonchev–Trinajstić information content (AvgIpc) is 2.98. The summed E-state index contributed by atoms with van der Waals surface area (Å²) in [5, 5.41) is 0.326. The Morgan fingerprint density at radius 1 is 0.778 bits per heavy atom. The van der Waals surface area contributed by atoms with Crippen LogP contribution in [0.4, 0.5) is 0 Å². The lowest BCUT2D eigenvalue weighted by atomic mass is 9.98. The topological polar surface area (TPSA) is 172 Å². The summed E-state index contributed by atoms with van der Waals surface area (Å²) in [4.78, 5) is 61.5. The Balaban J connectivity index is 1.83. The molecule has 1 saturated heterocycles. The number of carbonyl (C=O) groups is 4. The van der Waals surface area contributed by atoms with E-state index in [0.29, 0.717) is 11.1 Å². The van der Waals surface area contributed by atoms with Gasteiger partial charge in [-0.3, -0.25) is 19.2 Å². The number of ether oxygens (including phenoxy) is 8. The molecular weight excluding hydrogens is 596 g/mol. The van der Waals surface area contributed by atoms with E-state index in [1.807, 2.05) is 30.3 Å². The summed E-state index contributed by atoms with van der Waals surface area (Å²) in [5.74, 6) is -3.25. The molecule has 1 fully saturated rings. The molecular formula is C31H32O14. The molecule has 0 unspecified atom stereocenters. The summed E-state index contributed by atoms with van der Waals surface area (Å²) in [7, 11) is 1.45. The number of fused-ring (bicyclic) bond motifs is 1. The molecule has 0 N–H and O–H groups in total. The van der Waals surface area contributed by atoms with Gasteiger partial charge in [-0.05, 0) is 17.7 Å². The zero-order chi connectivity index (χ0) is 32.7. The summed E-state index contributed by atoms with van der Waals surface area (Å²) < 4.78 is 50.3. The summed E-state index contributed by atoms with van der Waals surface area (Å²) >= 11 is 0. The highest BCUT2D eigenvalue weighted by atomic mass is 16.7. The summed E-state index contributed by atoms with van der Waals surface area (Å²) in [5.41, 5.74) is -0.103. The van der Waals surface area contributed by atoms with Crippen LogP contribution in [0.3, 0.4) is 0 Å². The van der Waals surface area contributed by atoms with Gasteiger partial charge in [-0.15, -0.1) is 0 Å². The second-order valence-electron chi connectivity index (χ2n) is 9.87. The van der Waals surface area contributed by atoms with Gasteiger partial charge in [0.05, 0.1) is 12.5 Å². The fourth-order valence-corrected chi connectivity index (χ4v) is 4.64. The molecule has 45 heavy (non-hydrogen) atoms. The van der Waals surface area contributed by atoms with Gasteiger partial charge in [-0.1, -0.05) is 30.3 Å². The van der Waals surface area contributed by atoms with Crippen LogP contribution in [0.15, 0.2) is 57.7 Å². The van der Waals surface area contributed by atoms with E-state index >= 15 is 0 Å². The maximum Gasteiger partial charge on any atom is 0.383 e. The first-order valence-electron chi connectivity index (χ1n) is 13.8. The molecule has 2 aromatic carbocycles. The van der Waals surface area contributed by atoms with Gasteiger partial charge in [-0.25, -0.2) is 4.79 Å². The molecule has 0 aliphatic carbocycles. The van der Waals surface area contributed by atoms with Crippen molar-refractivity contribution in [2.24, 2.45) is 0 Å². The molecule has 3 aromatic rings. The third-order valence-electron chi connectivity index (χ3n) is 6.44. The predicted octanol–water partition coefficient (Wildman–Crippen LogP) is 2.84. The molecule has 0 amide bonds. The van der Waals surface area contributed by atoms with Gasteiger partial charge in [0.15, 0.2) is 18.0 Å². The third-order valence-corrected chi connectivity index (χ3v) is 6.44. The van der Waals surface area contributed by atoms with Crippen molar-refractivity contribution in [3.05, 3.63) is 64.5 Å². The average molecular weight is 629 g/mol. The van der Waals surface area contributed by atoms with Crippen molar-refractivity contribution in [1.82, 2.24) is 0 Å². The Hall–Kier alpha value is -5.11. The van der Waals surface area contributed by atoms with Gasteiger partial charge in [0, 0.05) is 33.8 Å². The minimum atomic E-state index is -1.69. The minimum Gasteiger partial charge on any atom is -0.497 e. The van der Waals surface area contributed by atoms with E-state index in [-0.39, 0.29) is 17.9 Å². The fourth-order valence-electron chi connectivity index (χ4n) is 4.64. The molecule has 4 rings (SSSR count). The second kappa shape index (κ2) is 14.6. The van der Waals surface area contributed by atoms with Crippen molar-refractivity contribution in [3.8, 4) is 17.2 Å². The lowest BCUT2D eigenvalue weighted by Crippen LogP contribution is -2.63. The van der Waals surface area contributed by atoms with E-state index in [9.17, 15) is 24.0 Å². The van der Waals surface area contributed by atoms with Crippen molar-refractivity contribution in [2.75, 3.05) is 13.7 Å². The number of benzene rings is 2. The molecule has 1 aliphatic rings. The standard InChI is InChI=1S/C31H32O14/c1-16(32)38-15-24-26(40-17(2)33)27(41-18(3)34)29(42-19(4)35)31(44-24)45-28-25(39-14-20-9-7-6-8-10-20)22-12-11-21(37-5)13-23(22)43-30(28)36/h6-13,24,26-27,29,31H,14-15H2,1-5H3/t24-,26-,27+,29+,31-/m1/s1. The quantitative estimate of drug-likeness (QED) is 0.172. The summed E-state index contributed by atoms with van der Waals surface area (Å²) in [6.45, 7) is 3.95. The highest BCUT2D eigenvalue weighted by Gasteiger charge is 2.53. The van der Waals surface area contributed by atoms with Crippen LogP contribution < -0.4 is 19.8 Å². The maximum atomic E-state index is 13.4. The molecule has 5 atom stereocenters. The Morgan fingerprint density at radius 3 is 2.04 bits per heavy atom. The van der Waals surface area contributed by atoms with Crippen LogP contribution in [-0.4, -0.2) is 68.3 Å². The second-order valence-corrected chi connectivity index (χ2v) is 9.87. The monoisotopic (exact) mass is 628 g/mol. The highest BCUT2D eigenvalue weighted by molar-refractivity contribution is 5.86. The first-order chi connectivity index (χ1) is 21.5. The Bertz CT molecular complexity index is 1600. The zero-order valence-corrected chi connectivity index (χ0v) is 25.1. The SMILES string of the molecule is COc1ccc2c(OCc3ccccc3)c(O[C@H]3O[C@H](COC(C)=O)[C@@H](OC(C)=O)[C@H](OC(C)=O)[C@@H]3OC(C)=O)c(=O)oc2c1. The lowest BCUT2D eigenvalue weighted by Gasteiger charge is -2.43. The summed E-state index contributed by atoms with van der Waals surface area (Å²) in [6.07, 6.45) is -7.51. The molecule has 14 heteroatoms. The van der Waals surface area contributed by atoms with E-state index in [1.54, 1.807) is 12.1 Å². The van der Waals surface area contributed by atoms with Gasteiger partial charge in [-0.2, -0.15) is 0 Å². The van der Waals surface area contributed by atoms with Crippen LogP contribution in [0, 0.1) is 0 Å². The van der Waals surface area contributed by atoms with Crippen molar-refractivity contribution < 1.29 is 61.5 Å². The van der Waals surface area contributed by atoms with Crippen molar-refractivity contribution in [2.45, 2.75) is 65.0 Å². The molecule has 1 aromatic heterocycles. The molecule has 0 saturated carbocycles. The molecule has 0 spiro atoms. The Labute approximate surface area is 257 Å². The summed E-state index contributed by atoms with van der Waals surface area (Å²) in [6, 6.07) is 13.8. The van der Waals surface area contributed by atoms with Crippen LogP contribution in [-0.2, 0) is 49.5 Å². The molecule has 2 heterocycles. The maximum absolute atomic E-state index is 13.4. The largest absolute Gasteiger partial charge is 0.497 e. The van der Waals surface area contributed by atoms with Crippen molar-refractivity contribution in [3.63, 3.8) is 0 Å². The molecule has 1 aliphatic heterocycles. The Morgan fingerprint density at radius 2 is 1.42 bits per heavy atom. The zero-order valence-electron chi connectivity index (χ0n) is 25.1. The Kier molecular flexibility index (Phi) is 10.6. The normalized spacial score (nSPS) is 20.9. The number of carbonyl (C=O) groups excluding carboxylic acids is 4. The van der Waals surface area contributed by atoms with Gasteiger partial charge in [0.2, 0.25) is 12.4 Å². The van der Waals surface area contributed by atoms with E-state index in [1.165, 1.54) is 13.2 Å². The smallest absolute Gasteiger partial charge is 0.383 e. The first-order valence-corrected chi connectivity index (χ1v) is 13.8. The predicted molar refractivity (Wildman–Crippen MR) is 152 cm³/mol. The molecule has 240 valence electrons. The van der Waals surface area contributed by atoms with E-state index < -0.39 is 72.6 Å². The van der Waals surface area contributed by atoms with Crippen LogP contribution in [0.5, 0.6) is 17.2 Å². The van der Waals surface area contributed by atoms with E-state index in [4.69, 9.17) is 42.3 Å². The first kappa shape index (κ1) is 32.8. The van der Waals surface area contributed by atoms with Gasteiger partial charge in [0.1, 0.15) is 30.7 Å². The van der Waals surface area contributed by atoms with E-state index in [0.717, 1.165) is 33.3 Å². The molecule has 14 nitrogen and oxygen atoms in total. The van der Waals surface area contributed by atoms with Crippen molar-refractivity contribution >= 4 is 34.8 Å². The molecule has 0 bridgehead atoms. The third kappa shape index (κ3) is 8.29. The van der Waals surface area contributed by atoms with E-state index in [2.05, 4.69) is 0 Å². The lowest BCUT2D eigenvalue weighted by molar-refractivity contribution is -0.289. The van der Waals surface area contributed by atoms with Gasteiger partial charge >= 0.3 is 29.5 Å². The number of hydrogen-bond donors (Lipinski definition) is 0. The van der Waals surface area contributed by atoms with Crippen LogP contribution in [0.2, 0.25) is 0 Å². The van der Waals surface area contributed by atoms with Crippen molar-refractivity contribution in [1.29, 1.82) is 0 Å². The number of methoxy groups -OCH3 is 1.